The monoisotopic (exact) mass is 330 g/mol. The predicted octanol–water partition coefficient (Wildman–Crippen LogP) is 2.43. The molecular weight excluding hydrogens is 316 g/mol. The maximum absolute atomic E-state index is 12.2. The molecule has 0 aromatic heterocycles. The van der Waals surface area contributed by atoms with Gasteiger partial charge in [0.25, 0.3) is 11.6 Å². The average molecular weight is 330 g/mol. The first kappa shape index (κ1) is 15.6. The number of methoxy groups -OCH3 is 2. The Labute approximate surface area is 137 Å². The summed E-state index contributed by atoms with van der Waals surface area (Å²) in [5.74, 6) is 0.506. The number of fused-ring (bicyclic) bond motifs is 1. The Morgan fingerprint density at radius 3 is 2.50 bits per heavy atom. The summed E-state index contributed by atoms with van der Waals surface area (Å²) in [6.45, 7) is 0. The van der Waals surface area contributed by atoms with Gasteiger partial charge in [0, 0.05) is 0 Å². The lowest BCUT2D eigenvalue weighted by molar-refractivity contribution is -0.386. The molecule has 0 radical (unpaired) electrons. The second-order valence-electron chi connectivity index (χ2n) is 4.99. The number of rotatable bonds is 4. The molecule has 0 spiro atoms. The summed E-state index contributed by atoms with van der Waals surface area (Å²) in [6.07, 6.45) is -1.01. The molecule has 8 nitrogen and oxygen atoms in total. The Hall–Kier alpha value is -3.29. The maximum atomic E-state index is 12.2. The van der Waals surface area contributed by atoms with Crippen molar-refractivity contribution in [2.45, 2.75) is 6.23 Å². The third-order valence-corrected chi connectivity index (χ3v) is 3.65. The summed E-state index contributed by atoms with van der Waals surface area (Å²) < 4.78 is 16.0. The Morgan fingerprint density at radius 2 is 1.83 bits per heavy atom. The molecule has 1 N–H and O–H groups in total. The Bertz CT molecular complexity index is 820. The molecule has 1 atom stereocenters. The molecule has 2 aromatic rings. The fourth-order valence-electron chi connectivity index (χ4n) is 2.50. The first-order valence-electron chi connectivity index (χ1n) is 7.02. The van der Waals surface area contributed by atoms with Crippen LogP contribution < -0.4 is 19.5 Å². The van der Waals surface area contributed by atoms with Crippen LogP contribution in [-0.2, 0) is 0 Å². The molecule has 1 aliphatic rings. The standard InChI is InChI=1S/C16H14N2O6/c1-22-13-7-10(11(18(20)21)8-14(13)23-2)16-17-15(19)9-5-3-4-6-12(9)24-16/h3-8,16H,1-2H3,(H,17,19)/t16-/m0/s1. The zero-order valence-electron chi connectivity index (χ0n) is 12.9. The van der Waals surface area contributed by atoms with Crippen LogP contribution in [0.3, 0.4) is 0 Å². The number of nitro benzene ring substituents is 1. The Balaban J connectivity index is 2.09. The number of carbonyl (C=O) groups excluding carboxylic acids is 1. The van der Waals surface area contributed by atoms with E-state index in [0.717, 1.165) is 0 Å². The molecule has 1 aliphatic heterocycles. The van der Waals surface area contributed by atoms with Gasteiger partial charge in [-0.2, -0.15) is 0 Å². The highest BCUT2D eigenvalue weighted by molar-refractivity contribution is 5.98. The minimum Gasteiger partial charge on any atom is -0.493 e. The van der Waals surface area contributed by atoms with Crippen molar-refractivity contribution in [1.82, 2.24) is 5.32 Å². The van der Waals surface area contributed by atoms with Gasteiger partial charge in [-0.15, -0.1) is 0 Å². The van der Waals surface area contributed by atoms with E-state index >= 15 is 0 Å². The number of para-hydroxylation sites is 1. The normalized spacial score (nSPS) is 15.8. The first-order valence-corrected chi connectivity index (χ1v) is 7.02. The minimum atomic E-state index is -1.01. The van der Waals surface area contributed by atoms with E-state index in [2.05, 4.69) is 5.32 Å². The molecule has 0 saturated carbocycles. The SMILES string of the molecule is COc1cc([C@H]2NC(=O)c3ccccc3O2)c([N+](=O)[O-])cc1OC. The lowest BCUT2D eigenvalue weighted by Gasteiger charge is -2.27. The van der Waals surface area contributed by atoms with E-state index < -0.39 is 11.2 Å². The first-order chi connectivity index (χ1) is 11.5. The summed E-state index contributed by atoms with van der Waals surface area (Å²) in [4.78, 5) is 23.0. The van der Waals surface area contributed by atoms with E-state index in [1.165, 1.54) is 26.4 Å². The van der Waals surface area contributed by atoms with Crippen LogP contribution in [0, 0.1) is 10.1 Å². The summed E-state index contributed by atoms with van der Waals surface area (Å²) in [6, 6.07) is 9.34. The van der Waals surface area contributed by atoms with Gasteiger partial charge in [-0.25, -0.2) is 0 Å². The van der Waals surface area contributed by atoms with Crippen LogP contribution in [0.5, 0.6) is 17.2 Å². The zero-order chi connectivity index (χ0) is 17.3. The van der Waals surface area contributed by atoms with E-state index in [1.54, 1.807) is 24.3 Å². The van der Waals surface area contributed by atoms with Gasteiger partial charge in [0.2, 0.25) is 6.23 Å². The molecular formula is C16H14N2O6. The molecule has 2 aromatic carbocycles. The van der Waals surface area contributed by atoms with Crippen LogP contribution in [0.1, 0.15) is 22.1 Å². The van der Waals surface area contributed by atoms with Crippen molar-refractivity contribution in [3.8, 4) is 17.2 Å². The number of nitrogens with zero attached hydrogens (tertiary/aromatic N) is 1. The number of hydrogen-bond acceptors (Lipinski definition) is 6. The van der Waals surface area contributed by atoms with Gasteiger partial charge in [-0.3, -0.25) is 14.9 Å². The molecule has 0 bridgehead atoms. The Kier molecular flexibility index (Phi) is 3.95. The smallest absolute Gasteiger partial charge is 0.282 e. The highest BCUT2D eigenvalue weighted by Crippen LogP contribution is 2.39. The van der Waals surface area contributed by atoms with Gasteiger partial charge < -0.3 is 19.5 Å². The molecule has 124 valence electrons. The molecule has 0 unspecified atom stereocenters. The average Bonchev–Trinajstić information content (AvgIpc) is 2.60. The van der Waals surface area contributed by atoms with Crippen LogP contribution in [0.25, 0.3) is 0 Å². The number of amides is 1. The van der Waals surface area contributed by atoms with Gasteiger partial charge in [-0.05, 0) is 18.2 Å². The molecule has 1 heterocycles. The summed E-state index contributed by atoms with van der Waals surface area (Å²) >= 11 is 0. The summed E-state index contributed by atoms with van der Waals surface area (Å²) in [7, 11) is 2.81. The quantitative estimate of drug-likeness (QED) is 0.682. The third-order valence-electron chi connectivity index (χ3n) is 3.65. The van der Waals surface area contributed by atoms with Crippen molar-refractivity contribution >= 4 is 11.6 Å². The summed E-state index contributed by atoms with van der Waals surface area (Å²) in [5.41, 5.74) is 0.301. The lowest BCUT2D eigenvalue weighted by Crippen LogP contribution is -2.37. The highest BCUT2D eigenvalue weighted by atomic mass is 16.6. The van der Waals surface area contributed by atoms with Crippen LogP contribution in [0.2, 0.25) is 0 Å². The van der Waals surface area contributed by atoms with E-state index in [9.17, 15) is 14.9 Å². The van der Waals surface area contributed by atoms with Crippen molar-refractivity contribution in [2.75, 3.05) is 14.2 Å². The number of nitrogens with one attached hydrogen (secondary N) is 1. The largest absolute Gasteiger partial charge is 0.493 e. The second-order valence-corrected chi connectivity index (χ2v) is 4.99. The van der Waals surface area contributed by atoms with Crippen molar-refractivity contribution < 1.29 is 23.9 Å². The number of ether oxygens (including phenoxy) is 3. The van der Waals surface area contributed by atoms with E-state index in [-0.39, 0.29) is 22.9 Å². The van der Waals surface area contributed by atoms with Crippen molar-refractivity contribution in [3.63, 3.8) is 0 Å². The topological polar surface area (TPSA) is 99.9 Å². The molecule has 24 heavy (non-hydrogen) atoms. The van der Waals surface area contributed by atoms with Gasteiger partial charge in [0.15, 0.2) is 11.5 Å². The third kappa shape index (κ3) is 2.58. The second kappa shape index (κ2) is 6.07. The van der Waals surface area contributed by atoms with Crippen LogP contribution in [-0.4, -0.2) is 25.1 Å². The molecule has 1 amide bonds. The van der Waals surface area contributed by atoms with Crippen molar-refractivity contribution in [2.24, 2.45) is 0 Å². The van der Waals surface area contributed by atoms with Crippen LogP contribution in [0.15, 0.2) is 36.4 Å². The van der Waals surface area contributed by atoms with E-state index in [0.29, 0.717) is 17.1 Å². The van der Waals surface area contributed by atoms with Gasteiger partial charge >= 0.3 is 0 Å². The Morgan fingerprint density at radius 1 is 1.17 bits per heavy atom. The van der Waals surface area contributed by atoms with Gasteiger partial charge in [0.05, 0.1) is 36.3 Å². The minimum absolute atomic E-state index is 0.167. The molecule has 3 rings (SSSR count). The molecule has 0 aliphatic carbocycles. The number of hydrogen-bond donors (Lipinski definition) is 1. The number of nitro groups is 1. The zero-order valence-corrected chi connectivity index (χ0v) is 12.9. The fourth-order valence-corrected chi connectivity index (χ4v) is 2.50. The van der Waals surface area contributed by atoms with Gasteiger partial charge in [-0.1, -0.05) is 12.1 Å². The number of benzene rings is 2. The molecule has 0 fully saturated rings. The van der Waals surface area contributed by atoms with Crippen molar-refractivity contribution in [3.05, 3.63) is 57.6 Å². The van der Waals surface area contributed by atoms with E-state index in [1.807, 2.05) is 0 Å². The molecule has 0 saturated heterocycles. The van der Waals surface area contributed by atoms with Crippen LogP contribution in [0.4, 0.5) is 5.69 Å². The maximum Gasteiger partial charge on any atom is 0.282 e. The highest BCUT2D eigenvalue weighted by Gasteiger charge is 2.32. The summed E-state index contributed by atoms with van der Waals surface area (Å²) in [5, 5.41) is 14.0. The van der Waals surface area contributed by atoms with E-state index in [4.69, 9.17) is 14.2 Å². The van der Waals surface area contributed by atoms with Crippen LogP contribution >= 0.6 is 0 Å². The van der Waals surface area contributed by atoms with Crippen molar-refractivity contribution in [1.29, 1.82) is 0 Å². The lowest BCUT2D eigenvalue weighted by atomic mass is 10.1. The van der Waals surface area contributed by atoms with Gasteiger partial charge in [0.1, 0.15) is 5.75 Å². The molecule has 8 heteroatoms. The number of carbonyl (C=O) groups is 1. The predicted molar refractivity (Wildman–Crippen MR) is 83.5 cm³/mol. The fraction of sp³-hybridized carbons (Fsp3) is 0.188.